The van der Waals surface area contributed by atoms with E-state index in [-0.39, 0.29) is 11.8 Å². The van der Waals surface area contributed by atoms with Crippen molar-refractivity contribution in [2.75, 3.05) is 0 Å². The molecule has 0 spiro atoms. The van der Waals surface area contributed by atoms with Gasteiger partial charge in [-0.3, -0.25) is 0 Å². The van der Waals surface area contributed by atoms with Gasteiger partial charge in [0.25, 0.3) is 0 Å². The van der Waals surface area contributed by atoms with E-state index in [1.54, 1.807) is 13.8 Å². The van der Waals surface area contributed by atoms with Gasteiger partial charge in [0.1, 0.15) is 0 Å². The molecule has 0 saturated heterocycles. The van der Waals surface area contributed by atoms with E-state index in [9.17, 15) is 10.2 Å². The normalized spacial score (nSPS) is 35.8. The van der Waals surface area contributed by atoms with E-state index in [0.29, 0.717) is 12.3 Å². The molecule has 0 aromatic rings. The summed E-state index contributed by atoms with van der Waals surface area (Å²) in [4.78, 5) is 0. The Bertz CT molecular complexity index is 275. The molecule has 4 unspecified atom stereocenters. The van der Waals surface area contributed by atoms with Gasteiger partial charge >= 0.3 is 0 Å². The van der Waals surface area contributed by atoms with Crippen LogP contribution in [0.4, 0.5) is 0 Å². The highest BCUT2D eigenvalue weighted by atomic mass is 16.3. The van der Waals surface area contributed by atoms with Crippen molar-refractivity contribution in [3.63, 3.8) is 0 Å². The number of allylic oxidation sites excluding steroid dienone is 2. The number of aliphatic hydroxyl groups excluding tert-OH is 1. The molecule has 1 aliphatic rings. The molecule has 92 valence electrons. The maximum Gasteiger partial charge on any atom is 0.0644 e. The van der Waals surface area contributed by atoms with Crippen LogP contribution in [0.25, 0.3) is 0 Å². The second-order valence-corrected chi connectivity index (χ2v) is 5.65. The van der Waals surface area contributed by atoms with E-state index >= 15 is 0 Å². The van der Waals surface area contributed by atoms with Crippen LogP contribution in [0.1, 0.15) is 33.6 Å². The van der Waals surface area contributed by atoms with Crippen LogP contribution in [-0.2, 0) is 0 Å². The highest BCUT2D eigenvalue weighted by molar-refractivity contribution is 5.08. The Balaban J connectivity index is 2.88. The fourth-order valence-electron chi connectivity index (χ4n) is 2.80. The maximum atomic E-state index is 10.1. The zero-order valence-corrected chi connectivity index (χ0v) is 10.6. The molecule has 1 rings (SSSR count). The van der Waals surface area contributed by atoms with Crippen LogP contribution in [0, 0.1) is 17.8 Å². The molecule has 4 atom stereocenters. The predicted octanol–water partition coefficient (Wildman–Crippen LogP) is 2.52. The number of aliphatic hydroxyl groups is 2. The van der Waals surface area contributed by atoms with Gasteiger partial charge in [-0.25, -0.2) is 0 Å². The largest absolute Gasteiger partial charge is 0.393 e. The van der Waals surface area contributed by atoms with Crippen molar-refractivity contribution >= 4 is 0 Å². The number of rotatable bonds is 3. The van der Waals surface area contributed by atoms with Crippen molar-refractivity contribution in [1.29, 1.82) is 0 Å². The highest BCUT2D eigenvalue weighted by Crippen LogP contribution is 2.42. The summed E-state index contributed by atoms with van der Waals surface area (Å²) in [5.41, 5.74) is 0.283. The molecule has 0 bridgehead atoms. The molecule has 2 heteroatoms. The summed E-state index contributed by atoms with van der Waals surface area (Å²) in [6.07, 6.45) is 2.92. The summed E-state index contributed by atoms with van der Waals surface area (Å²) in [7, 11) is 0. The van der Waals surface area contributed by atoms with Gasteiger partial charge in [-0.05, 0) is 45.4 Å². The van der Waals surface area contributed by atoms with Crippen LogP contribution in [0.2, 0.25) is 0 Å². The second kappa shape index (κ2) is 4.72. The van der Waals surface area contributed by atoms with E-state index in [1.807, 2.05) is 13.0 Å². The first-order valence-corrected chi connectivity index (χ1v) is 5.95. The molecule has 1 aliphatic carbocycles. The molecular weight excluding hydrogens is 200 g/mol. The summed E-state index contributed by atoms with van der Waals surface area (Å²) >= 11 is 0. The lowest BCUT2D eigenvalue weighted by Gasteiger charge is -2.43. The van der Waals surface area contributed by atoms with Crippen molar-refractivity contribution in [1.82, 2.24) is 0 Å². The Hall–Kier alpha value is -0.600. The minimum absolute atomic E-state index is 0.0783. The summed E-state index contributed by atoms with van der Waals surface area (Å²) < 4.78 is 0. The van der Waals surface area contributed by atoms with Gasteiger partial charge in [0.05, 0.1) is 11.7 Å². The summed E-state index contributed by atoms with van der Waals surface area (Å²) in [5, 5.41) is 20.1. The first kappa shape index (κ1) is 13.5. The smallest absolute Gasteiger partial charge is 0.0644 e. The number of hydrogen-bond donors (Lipinski definition) is 2. The van der Waals surface area contributed by atoms with Crippen molar-refractivity contribution in [3.05, 3.63) is 24.8 Å². The first-order chi connectivity index (χ1) is 7.27. The van der Waals surface area contributed by atoms with E-state index in [2.05, 4.69) is 13.2 Å². The number of hydrogen-bond acceptors (Lipinski definition) is 2. The van der Waals surface area contributed by atoms with Gasteiger partial charge in [-0.15, -0.1) is 6.58 Å². The van der Waals surface area contributed by atoms with Crippen LogP contribution in [0.15, 0.2) is 24.8 Å². The zero-order valence-electron chi connectivity index (χ0n) is 10.6. The van der Waals surface area contributed by atoms with Crippen molar-refractivity contribution in [3.8, 4) is 0 Å². The van der Waals surface area contributed by atoms with Gasteiger partial charge in [0.2, 0.25) is 0 Å². The molecule has 0 heterocycles. The average molecular weight is 224 g/mol. The van der Waals surface area contributed by atoms with Gasteiger partial charge in [-0.1, -0.05) is 18.2 Å². The van der Waals surface area contributed by atoms with Crippen molar-refractivity contribution in [2.45, 2.75) is 45.3 Å². The molecule has 1 fully saturated rings. The molecule has 2 nitrogen and oxygen atoms in total. The lowest BCUT2D eigenvalue weighted by Crippen LogP contribution is -2.46. The van der Waals surface area contributed by atoms with Crippen LogP contribution in [0.5, 0.6) is 0 Å². The standard InChI is InChI=1S/C14H24O2/c1-6-10-7-13(15)12(14(4,5)16)8-11(10)9(2)3/h6,10-13,15-16H,1-2,7-8H2,3-5H3. The molecule has 16 heavy (non-hydrogen) atoms. The second-order valence-electron chi connectivity index (χ2n) is 5.65. The van der Waals surface area contributed by atoms with Crippen molar-refractivity contribution < 1.29 is 10.2 Å². The minimum atomic E-state index is -0.834. The molecule has 0 radical (unpaired) electrons. The van der Waals surface area contributed by atoms with Gasteiger partial charge in [0.15, 0.2) is 0 Å². The first-order valence-electron chi connectivity index (χ1n) is 5.95. The lowest BCUT2D eigenvalue weighted by atomic mass is 9.66. The Morgan fingerprint density at radius 2 is 1.94 bits per heavy atom. The lowest BCUT2D eigenvalue weighted by molar-refractivity contribution is -0.0803. The fourth-order valence-corrected chi connectivity index (χ4v) is 2.80. The quantitative estimate of drug-likeness (QED) is 0.723. The van der Waals surface area contributed by atoms with E-state index < -0.39 is 11.7 Å². The highest BCUT2D eigenvalue weighted by Gasteiger charge is 2.41. The average Bonchev–Trinajstić information content (AvgIpc) is 2.14. The van der Waals surface area contributed by atoms with E-state index in [4.69, 9.17) is 0 Å². The van der Waals surface area contributed by atoms with E-state index in [1.165, 1.54) is 0 Å². The Kier molecular flexibility index (Phi) is 3.97. The van der Waals surface area contributed by atoms with E-state index in [0.717, 1.165) is 12.0 Å². The summed E-state index contributed by atoms with van der Waals surface area (Å²) in [6.45, 7) is 13.4. The third-order valence-corrected chi connectivity index (χ3v) is 3.85. The summed E-state index contributed by atoms with van der Waals surface area (Å²) in [5.74, 6) is 0.536. The van der Waals surface area contributed by atoms with Gasteiger partial charge < -0.3 is 10.2 Å². The third-order valence-electron chi connectivity index (χ3n) is 3.85. The fraction of sp³-hybridized carbons (Fsp3) is 0.714. The molecule has 0 amide bonds. The Morgan fingerprint density at radius 3 is 2.31 bits per heavy atom. The van der Waals surface area contributed by atoms with Gasteiger partial charge in [-0.2, -0.15) is 0 Å². The Labute approximate surface area is 98.7 Å². The zero-order chi connectivity index (χ0) is 12.5. The van der Waals surface area contributed by atoms with Crippen molar-refractivity contribution in [2.24, 2.45) is 17.8 Å². The van der Waals surface area contributed by atoms with Crippen LogP contribution >= 0.6 is 0 Å². The molecule has 0 aliphatic heterocycles. The van der Waals surface area contributed by atoms with Crippen LogP contribution in [0.3, 0.4) is 0 Å². The minimum Gasteiger partial charge on any atom is -0.393 e. The SMILES string of the molecule is C=CC1CC(O)C(C(C)(C)O)CC1C(=C)C. The molecular formula is C14H24O2. The Morgan fingerprint density at radius 1 is 1.38 bits per heavy atom. The van der Waals surface area contributed by atoms with Gasteiger partial charge in [0, 0.05) is 5.92 Å². The topological polar surface area (TPSA) is 40.5 Å². The monoisotopic (exact) mass is 224 g/mol. The summed E-state index contributed by atoms with van der Waals surface area (Å²) in [6, 6.07) is 0. The van der Waals surface area contributed by atoms with Crippen LogP contribution in [-0.4, -0.2) is 21.9 Å². The third kappa shape index (κ3) is 2.74. The molecule has 2 N–H and O–H groups in total. The molecule has 0 aromatic carbocycles. The molecule has 1 saturated carbocycles. The molecule has 0 aromatic heterocycles. The predicted molar refractivity (Wildman–Crippen MR) is 67.0 cm³/mol. The maximum absolute atomic E-state index is 10.1. The van der Waals surface area contributed by atoms with Crippen LogP contribution < -0.4 is 0 Å².